The van der Waals surface area contributed by atoms with Crippen molar-refractivity contribution in [3.8, 4) is 11.3 Å². The monoisotopic (exact) mass is 317 g/mol. The Bertz CT molecular complexity index is 885. The lowest BCUT2D eigenvalue weighted by Crippen LogP contribution is -2.33. The fourth-order valence-electron chi connectivity index (χ4n) is 3.22. The van der Waals surface area contributed by atoms with Crippen LogP contribution in [0.5, 0.6) is 0 Å². The summed E-state index contributed by atoms with van der Waals surface area (Å²) in [6.45, 7) is 2.42. The molecule has 120 valence electrons. The van der Waals surface area contributed by atoms with Crippen molar-refractivity contribution in [3.05, 3.63) is 93.8 Å². The van der Waals surface area contributed by atoms with Crippen LogP contribution in [0.3, 0.4) is 0 Å². The van der Waals surface area contributed by atoms with E-state index in [4.69, 9.17) is 4.42 Å². The van der Waals surface area contributed by atoms with Gasteiger partial charge in [-0.25, -0.2) is 0 Å². The molecule has 1 aromatic heterocycles. The van der Waals surface area contributed by atoms with E-state index in [1.807, 2.05) is 48.5 Å². The summed E-state index contributed by atoms with van der Waals surface area (Å²) >= 11 is 0. The molecule has 2 aromatic carbocycles. The summed E-state index contributed by atoms with van der Waals surface area (Å²) < 4.78 is 6.04. The minimum absolute atomic E-state index is 0.0767. The van der Waals surface area contributed by atoms with Crippen LogP contribution in [0.4, 0.5) is 0 Å². The van der Waals surface area contributed by atoms with Gasteiger partial charge in [0, 0.05) is 37.7 Å². The Morgan fingerprint density at radius 3 is 2.42 bits per heavy atom. The number of nitrogens with zero attached hydrogens (tertiary/aromatic N) is 1. The van der Waals surface area contributed by atoms with E-state index in [0.29, 0.717) is 12.3 Å². The van der Waals surface area contributed by atoms with Crippen molar-refractivity contribution >= 4 is 0 Å². The zero-order chi connectivity index (χ0) is 16.4. The molecule has 3 aromatic rings. The first kappa shape index (κ1) is 14.9. The molecule has 0 amide bonds. The van der Waals surface area contributed by atoms with Gasteiger partial charge in [-0.15, -0.1) is 0 Å². The van der Waals surface area contributed by atoms with E-state index >= 15 is 0 Å². The van der Waals surface area contributed by atoms with Gasteiger partial charge >= 0.3 is 0 Å². The van der Waals surface area contributed by atoms with E-state index in [1.165, 1.54) is 5.56 Å². The van der Waals surface area contributed by atoms with Gasteiger partial charge in [-0.3, -0.25) is 9.69 Å². The number of hydrogen-bond acceptors (Lipinski definition) is 3. The van der Waals surface area contributed by atoms with Crippen molar-refractivity contribution in [2.75, 3.05) is 6.54 Å². The van der Waals surface area contributed by atoms with Crippen molar-refractivity contribution in [2.45, 2.75) is 19.5 Å². The molecule has 3 nitrogen and oxygen atoms in total. The molecule has 0 spiro atoms. The molecule has 0 bridgehead atoms. The summed E-state index contributed by atoms with van der Waals surface area (Å²) in [6.07, 6.45) is 0.776. The normalized spacial score (nSPS) is 14.3. The number of fused-ring (bicyclic) bond motifs is 1. The molecule has 4 rings (SSSR count). The van der Waals surface area contributed by atoms with Gasteiger partial charge < -0.3 is 4.42 Å². The lowest BCUT2D eigenvalue weighted by atomic mass is 10.0. The molecule has 0 fully saturated rings. The van der Waals surface area contributed by atoms with E-state index in [9.17, 15) is 4.79 Å². The smallest absolute Gasteiger partial charge is 0.190 e. The Hall–Kier alpha value is -2.65. The van der Waals surface area contributed by atoms with Crippen molar-refractivity contribution < 1.29 is 4.42 Å². The highest BCUT2D eigenvalue weighted by atomic mass is 16.3. The zero-order valence-electron chi connectivity index (χ0n) is 13.4. The highest BCUT2D eigenvalue weighted by Crippen LogP contribution is 2.24. The molecular formula is C21H19NO2. The molecule has 1 aliphatic heterocycles. The van der Waals surface area contributed by atoms with Crippen molar-refractivity contribution in [1.29, 1.82) is 0 Å². The molecule has 0 radical (unpaired) electrons. The topological polar surface area (TPSA) is 33.5 Å². The van der Waals surface area contributed by atoms with Crippen LogP contribution in [0.1, 0.15) is 16.9 Å². The van der Waals surface area contributed by atoms with Gasteiger partial charge in [0.15, 0.2) is 5.43 Å². The molecular weight excluding hydrogens is 298 g/mol. The minimum atomic E-state index is 0.0767. The fraction of sp³-hybridized carbons (Fsp3) is 0.190. The van der Waals surface area contributed by atoms with E-state index in [-0.39, 0.29) is 5.43 Å². The second-order valence-corrected chi connectivity index (χ2v) is 6.19. The molecule has 0 aliphatic carbocycles. The molecule has 0 N–H and O–H groups in total. The highest BCUT2D eigenvalue weighted by molar-refractivity contribution is 5.57. The first-order valence-corrected chi connectivity index (χ1v) is 8.27. The number of hydrogen-bond donors (Lipinski definition) is 0. The summed E-state index contributed by atoms with van der Waals surface area (Å²) in [5.74, 6) is 1.50. The van der Waals surface area contributed by atoms with Crippen LogP contribution < -0.4 is 5.43 Å². The van der Waals surface area contributed by atoms with Crippen molar-refractivity contribution in [1.82, 2.24) is 4.90 Å². The van der Waals surface area contributed by atoms with Crippen molar-refractivity contribution in [3.63, 3.8) is 0 Å². The highest BCUT2D eigenvalue weighted by Gasteiger charge is 2.22. The fourth-order valence-corrected chi connectivity index (χ4v) is 3.22. The molecule has 3 heteroatoms. The maximum Gasteiger partial charge on any atom is 0.190 e. The Kier molecular flexibility index (Phi) is 4.01. The molecule has 24 heavy (non-hydrogen) atoms. The summed E-state index contributed by atoms with van der Waals surface area (Å²) in [6, 6.07) is 21.8. The van der Waals surface area contributed by atoms with Gasteiger partial charge in [0.25, 0.3) is 0 Å². The van der Waals surface area contributed by atoms with E-state index < -0.39 is 0 Å². The first-order valence-electron chi connectivity index (χ1n) is 8.27. The van der Waals surface area contributed by atoms with Crippen LogP contribution in [0.25, 0.3) is 11.3 Å². The van der Waals surface area contributed by atoms with Crippen LogP contribution in [0, 0.1) is 0 Å². The molecule has 1 aliphatic rings. The Morgan fingerprint density at radius 2 is 1.67 bits per heavy atom. The Labute approximate surface area is 141 Å². The van der Waals surface area contributed by atoms with E-state index in [1.54, 1.807) is 6.07 Å². The van der Waals surface area contributed by atoms with Crippen LogP contribution in [0.2, 0.25) is 0 Å². The molecule has 0 saturated carbocycles. The van der Waals surface area contributed by atoms with Crippen LogP contribution in [0.15, 0.2) is 75.9 Å². The average Bonchev–Trinajstić information content (AvgIpc) is 2.64. The third kappa shape index (κ3) is 3.03. The Morgan fingerprint density at radius 1 is 0.958 bits per heavy atom. The summed E-state index contributed by atoms with van der Waals surface area (Å²) in [5, 5.41) is 0. The maximum atomic E-state index is 12.6. The van der Waals surface area contributed by atoms with Gasteiger partial charge in [0.2, 0.25) is 0 Å². The SMILES string of the molecule is O=c1cc(-c2ccccc2)oc2c1CN(Cc1ccccc1)CC2. The van der Waals surface area contributed by atoms with Crippen LogP contribution >= 0.6 is 0 Å². The molecule has 2 heterocycles. The average molecular weight is 317 g/mol. The second-order valence-electron chi connectivity index (χ2n) is 6.19. The lowest BCUT2D eigenvalue weighted by molar-refractivity contribution is 0.228. The van der Waals surface area contributed by atoms with Gasteiger partial charge in [0.05, 0.1) is 5.56 Å². The number of benzene rings is 2. The van der Waals surface area contributed by atoms with Crippen molar-refractivity contribution in [2.24, 2.45) is 0 Å². The largest absolute Gasteiger partial charge is 0.460 e. The predicted octanol–water partition coefficient (Wildman–Crippen LogP) is 3.87. The maximum absolute atomic E-state index is 12.6. The standard InChI is InChI=1S/C21H19NO2/c23-19-13-21(17-9-5-2-6-10-17)24-20-11-12-22(15-18(19)20)14-16-7-3-1-4-8-16/h1-10,13H,11-12,14-15H2. The minimum Gasteiger partial charge on any atom is -0.460 e. The van der Waals surface area contributed by atoms with Gasteiger partial charge in [-0.05, 0) is 5.56 Å². The van der Waals surface area contributed by atoms with E-state index in [0.717, 1.165) is 36.4 Å². The molecule has 0 unspecified atom stereocenters. The summed E-state index contributed by atoms with van der Waals surface area (Å²) in [4.78, 5) is 14.9. The molecule has 0 saturated heterocycles. The zero-order valence-corrected chi connectivity index (χ0v) is 13.4. The third-order valence-electron chi connectivity index (χ3n) is 4.47. The first-order chi connectivity index (χ1) is 11.8. The second kappa shape index (κ2) is 6.46. The van der Waals surface area contributed by atoms with E-state index in [2.05, 4.69) is 17.0 Å². The number of rotatable bonds is 3. The third-order valence-corrected chi connectivity index (χ3v) is 4.47. The van der Waals surface area contributed by atoms with Gasteiger partial charge in [-0.2, -0.15) is 0 Å². The summed E-state index contributed by atoms with van der Waals surface area (Å²) in [5.41, 5.74) is 3.10. The summed E-state index contributed by atoms with van der Waals surface area (Å²) in [7, 11) is 0. The van der Waals surface area contributed by atoms with Crippen LogP contribution in [-0.2, 0) is 19.5 Å². The lowest BCUT2D eigenvalue weighted by Gasteiger charge is -2.27. The quantitative estimate of drug-likeness (QED) is 0.735. The molecule has 0 atom stereocenters. The Balaban J connectivity index is 1.60. The van der Waals surface area contributed by atoms with Gasteiger partial charge in [-0.1, -0.05) is 60.7 Å². The van der Waals surface area contributed by atoms with Crippen LogP contribution in [-0.4, -0.2) is 11.4 Å². The van der Waals surface area contributed by atoms with Gasteiger partial charge in [0.1, 0.15) is 11.5 Å². The predicted molar refractivity (Wildman–Crippen MR) is 94.7 cm³/mol.